The standard InChI is InChI=1S/C47H29N5/c1-2-16-32(17-3-1)45-48-46(50-47(49-45)52-38-23-11-8-20-35(38)36-21-9-12-24-39(36)52)37-22-10-13-25-40(37)51-41-28-26-30-14-4-6-18-33(30)43(41)44-34-19-7-5-15-31(34)27-29-42(44)51/h1-29H. The molecule has 0 bridgehead atoms. The largest absolute Gasteiger partial charge is 0.308 e. The van der Waals surface area contributed by atoms with E-state index in [0.717, 1.165) is 49.7 Å². The fourth-order valence-electron chi connectivity index (χ4n) is 8.10. The number of nitrogens with zero attached hydrogens (tertiary/aromatic N) is 5. The Kier molecular flexibility index (Phi) is 6.18. The topological polar surface area (TPSA) is 48.5 Å². The molecule has 0 aliphatic rings. The molecule has 0 saturated carbocycles. The highest BCUT2D eigenvalue weighted by atomic mass is 15.2. The van der Waals surface area contributed by atoms with Crippen molar-refractivity contribution >= 4 is 65.2 Å². The van der Waals surface area contributed by atoms with E-state index < -0.39 is 0 Å². The minimum atomic E-state index is 0.579. The van der Waals surface area contributed by atoms with Crippen LogP contribution in [0.25, 0.3) is 99.6 Å². The lowest BCUT2D eigenvalue weighted by Gasteiger charge is -2.15. The maximum Gasteiger partial charge on any atom is 0.238 e. The van der Waals surface area contributed by atoms with Gasteiger partial charge in [0, 0.05) is 32.7 Å². The van der Waals surface area contributed by atoms with Crippen LogP contribution < -0.4 is 0 Å². The third-order valence-electron chi connectivity index (χ3n) is 10.4. The number of fused-ring (bicyclic) bond motifs is 10. The van der Waals surface area contributed by atoms with E-state index in [1.807, 2.05) is 18.2 Å². The van der Waals surface area contributed by atoms with E-state index in [1.165, 1.54) is 32.3 Å². The van der Waals surface area contributed by atoms with Crippen LogP contribution in [0.2, 0.25) is 0 Å². The predicted octanol–water partition coefficient (Wildman–Crippen LogP) is 11.7. The van der Waals surface area contributed by atoms with Gasteiger partial charge in [0.1, 0.15) is 0 Å². The first-order valence-electron chi connectivity index (χ1n) is 17.6. The lowest BCUT2D eigenvalue weighted by Crippen LogP contribution is -2.07. The summed E-state index contributed by atoms with van der Waals surface area (Å²) >= 11 is 0. The number of benzene rings is 8. The summed E-state index contributed by atoms with van der Waals surface area (Å²) in [5, 5.41) is 9.71. The molecule has 3 aromatic heterocycles. The molecule has 0 unspecified atom stereocenters. The molecule has 52 heavy (non-hydrogen) atoms. The van der Waals surface area contributed by atoms with Crippen molar-refractivity contribution in [1.29, 1.82) is 0 Å². The Hall–Kier alpha value is -7.11. The molecule has 0 aliphatic carbocycles. The Labute approximate surface area is 298 Å². The fraction of sp³-hybridized carbons (Fsp3) is 0. The average Bonchev–Trinajstić information content (AvgIpc) is 3.75. The Balaban J connectivity index is 1.24. The molecular formula is C47H29N5. The van der Waals surface area contributed by atoms with Gasteiger partial charge in [0.25, 0.3) is 0 Å². The van der Waals surface area contributed by atoms with Gasteiger partial charge in [-0.05, 0) is 57.9 Å². The highest BCUT2D eigenvalue weighted by Gasteiger charge is 2.22. The first-order chi connectivity index (χ1) is 25.8. The van der Waals surface area contributed by atoms with Crippen LogP contribution >= 0.6 is 0 Å². The highest BCUT2D eigenvalue weighted by Crippen LogP contribution is 2.42. The second-order valence-corrected chi connectivity index (χ2v) is 13.2. The summed E-state index contributed by atoms with van der Waals surface area (Å²) in [5.74, 6) is 1.81. The first-order valence-corrected chi connectivity index (χ1v) is 17.6. The zero-order valence-corrected chi connectivity index (χ0v) is 28.0. The molecule has 11 aromatic rings. The third-order valence-corrected chi connectivity index (χ3v) is 10.4. The van der Waals surface area contributed by atoms with Gasteiger partial charge in [-0.25, -0.2) is 4.98 Å². The second kappa shape index (κ2) is 11.2. The lowest BCUT2D eigenvalue weighted by atomic mass is 10.00. The molecule has 0 N–H and O–H groups in total. The number of para-hydroxylation sites is 3. The Morgan fingerprint density at radius 3 is 1.46 bits per heavy atom. The summed E-state index contributed by atoms with van der Waals surface area (Å²) in [7, 11) is 0. The van der Waals surface area contributed by atoms with Crippen molar-refractivity contribution in [2.45, 2.75) is 0 Å². The van der Waals surface area contributed by atoms with E-state index in [4.69, 9.17) is 15.0 Å². The van der Waals surface area contributed by atoms with E-state index >= 15 is 0 Å². The van der Waals surface area contributed by atoms with Gasteiger partial charge in [0.05, 0.1) is 27.8 Å². The molecule has 0 spiro atoms. The van der Waals surface area contributed by atoms with Crippen LogP contribution in [0.1, 0.15) is 0 Å². The average molecular weight is 664 g/mol. The monoisotopic (exact) mass is 663 g/mol. The van der Waals surface area contributed by atoms with Crippen LogP contribution in [0.15, 0.2) is 176 Å². The van der Waals surface area contributed by atoms with Gasteiger partial charge in [0.2, 0.25) is 5.95 Å². The van der Waals surface area contributed by atoms with Crippen LogP contribution in [-0.2, 0) is 0 Å². The van der Waals surface area contributed by atoms with E-state index in [-0.39, 0.29) is 0 Å². The molecule has 0 amide bonds. The molecule has 242 valence electrons. The summed E-state index contributed by atoms with van der Waals surface area (Å²) in [6.45, 7) is 0. The number of aromatic nitrogens is 5. The number of rotatable bonds is 4. The lowest BCUT2D eigenvalue weighted by molar-refractivity contribution is 0.951. The smallest absolute Gasteiger partial charge is 0.238 e. The molecule has 5 heteroatoms. The summed E-state index contributed by atoms with van der Waals surface area (Å²) < 4.78 is 4.56. The van der Waals surface area contributed by atoms with Crippen LogP contribution in [0.4, 0.5) is 0 Å². The Morgan fingerprint density at radius 2 is 0.827 bits per heavy atom. The van der Waals surface area contributed by atoms with Crippen molar-refractivity contribution in [2.75, 3.05) is 0 Å². The molecular weight excluding hydrogens is 635 g/mol. The zero-order chi connectivity index (χ0) is 34.2. The van der Waals surface area contributed by atoms with Crippen LogP contribution in [0, 0.1) is 0 Å². The minimum absolute atomic E-state index is 0.579. The molecule has 11 rings (SSSR count). The van der Waals surface area contributed by atoms with Gasteiger partial charge < -0.3 is 4.57 Å². The van der Waals surface area contributed by atoms with E-state index in [2.05, 4.69) is 167 Å². The van der Waals surface area contributed by atoms with Crippen molar-refractivity contribution in [3.05, 3.63) is 176 Å². The molecule has 0 radical (unpaired) electrons. The normalized spacial score (nSPS) is 11.8. The number of hydrogen-bond donors (Lipinski definition) is 0. The van der Waals surface area contributed by atoms with Gasteiger partial charge in [-0.1, -0.05) is 140 Å². The minimum Gasteiger partial charge on any atom is -0.308 e. The van der Waals surface area contributed by atoms with Crippen LogP contribution in [0.3, 0.4) is 0 Å². The molecule has 5 nitrogen and oxygen atoms in total. The summed E-state index contributed by atoms with van der Waals surface area (Å²) in [4.78, 5) is 15.7. The zero-order valence-electron chi connectivity index (χ0n) is 28.0. The highest BCUT2D eigenvalue weighted by molar-refractivity contribution is 6.28. The van der Waals surface area contributed by atoms with Gasteiger partial charge in [-0.2, -0.15) is 9.97 Å². The summed E-state index contributed by atoms with van der Waals surface area (Å²) in [5.41, 5.74) is 7.23. The fourth-order valence-corrected chi connectivity index (χ4v) is 8.10. The third kappa shape index (κ3) is 4.20. The van der Waals surface area contributed by atoms with Gasteiger partial charge in [-0.3, -0.25) is 4.57 Å². The van der Waals surface area contributed by atoms with E-state index in [9.17, 15) is 0 Å². The Morgan fingerprint density at radius 1 is 0.327 bits per heavy atom. The molecule has 0 aliphatic heterocycles. The van der Waals surface area contributed by atoms with Crippen LogP contribution in [-0.4, -0.2) is 24.1 Å². The molecule has 0 atom stereocenters. The maximum atomic E-state index is 5.33. The molecule has 0 saturated heterocycles. The SMILES string of the molecule is c1ccc(-c2nc(-c3ccccc3-n3c4ccc5ccccc5c4c4c5ccccc5ccc43)nc(-n3c4ccccc4c4ccccc43)n2)cc1. The van der Waals surface area contributed by atoms with Crippen molar-refractivity contribution < 1.29 is 0 Å². The number of hydrogen-bond acceptors (Lipinski definition) is 3. The van der Waals surface area contributed by atoms with E-state index in [1.54, 1.807) is 0 Å². The van der Waals surface area contributed by atoms with Crippen LogP contribution in [0.5, 0.6) is 0 Å². The molecule has 3 heterocycles. The van der Waals surface area contributed by atoms with Gasteiger partial charge in [0.15, 0.2) is 11.6 Å². The maximum absolute atomic E-state index is 5.33. The van der Waals surface area contributed by atoms with Crippen molar-refractivity contribution in [2.24, 2.45) is 0 Å². The summed E-state index contributed by atoms with van der Waals surface area (Å²) in [6, 6.07) is 62.0. The van der Waals surface area contributed by atoms with Crippen molar-refractivity contribution in [3.63, 3.8) is 0 Å². The first kappa shape index (κ1) is 28.7. The predicted molar refractivity (Wildman–Crippen MR) is 214 cm³/mol. The van der Waals surface area contributed by atoms with Crippen molar-refractivity contribution in [3.8, 4) is 34.4 Å². The Bertz CT molecular complexity index is 3040. The van der Waals surface area contributed by atoms with Crippen molar-refractivity contribution in [1.82, 2.24) is 24.1 Å². The molecule has 0 fully saturated rings. The second-order valence-electron chi connectivity index (χ2n) is 13.2. The molecule has 8 aromatic carbocycles. The summed E-state index contributed by atoms with van der Waals surface area (Å²) in [6.07, 6.45) is 0. The van der Waals surface area contributed by atoms with Gasteiger partial charge >= 0.3 is 0 Å². The van der Waals surface area contributed by atoms with E-state index in [0.29, 0.717) is 17.6 Å². The quantitative estimate of drug-likeness (QED) is 0.188. The van der Waals surface area contributed by atoms with Gasteiger partial charge in [-0.15, -0.1) is 0 Å².